The van der Waals surface area contributed by atoms with E-state index in [0.29, 0.717) is 17.5 Å². The monoisotopic (exact) mass is 352 g/mol. The van der Waals surface area contributed by atoms with Crippen LogP contribution in [0.2, 0.25) is 0 Å². The standard InChI is InChI=1S/C16H18BrFN2O/c1-2-21-13-8-6-11(7-9-13)15(20-19)10-12-4-3-5-14(18)16(12)17/h3-9,15,20H,2,10,19H2,1H3. The van der Waals surface area contributed by atoms with Crippen LogP contribution in [0.1, 0.15) is 24.1 Å². The summed E-state index contributed by atoms with van der Waals surface area (Å²) in [6, 6.07) is 12.6. The fraction of sp³-hybridized carbons (Fsp3) is 0.250. The number of ether oxygens (including phenoxy) is 1. The van der Waals surface area contributed by atoms with Crippen molar-refractivity contribution < 1.29 is 9.13 Å². The molecule has 3 N–H and O–H groups in total. The van der Waals surface area contributed by atoms with Gasteiger partial charge in [-0.1, -0.05) is 24.3 Å². The highest BCUT2D eigenvalue weighted by Crippen LogP contribution is 2.26. The Balaban J connectivity index is 2.17. The minimum Gasteiger partial charge on any atom is -0.494 e. The first-order valence-corrected chi connectivity index (χ1v) is 7.56. The van der Waals surface area contributed by atoms with Gasteiger partial charge in [-0.25, -0.2) is 4.39 Å². The summed E-state index contributed by atoms with van der Waals surface area (Å²) < 4.78 is 19.5. The Kier molecular flexibility index (Phi) is 5.73. The molecule has 0 aliphatic carbocycles. The highest BCUT2D eigenvalue weighted by Gasteiger charge is 2.14. The highest BCUT2D eigenvalue weighted by molar-refractivity contribution is 9.10. The van der Waals surface area contributed by atoms with Gasteiger partial charge in [0, 0.05) is 0 Å². The van der Waals surface area contributed by atoms with Gasteiger partial charge in [0.15, 0.2) is 0 Å². The predicted octanol–water partition coefficient (Wildman–Crippen LogP) is 3.73. The SMILES string of the molecule is CCOc1ccc(C(Cc2cccc(F)c2Br)NN)cc1. The lowest BCUT2D eigenvalue weighted by Gasteiger charge is -2.18. The molecule has 0 fully saturated rings. The van der Waals surface area contributed by atoms with Crippen molar-refractivity contribution in [1.29, 1.82) is 0 Å². The van der Waals surface area contributed by atoms with Gasteiger partial charge < -0.3 is 4.74 Å². The fourth-order valence-corrected chi connectivity index (χ4v) is 2.59. The second kappa shape index (κ2) is 7.54. The van der Waals surface area contributed by atoms with Gasteiger partial charge in [0.25, 0.3) is 0 Å². The Bertz CT molecular complexity index is 589. The predicted molar refractivity (Wildman–Crippen MR) is 85.5 cm³/mol. The molecule has 0 bridgehead atoms. The van der Waals surface area contributed by atoms with Crippen LogP contribution in [-0.2, 0) is 6.42 Å². The minimum atomic E-state index is -0.269. The fourth-order valence-electron chi connectivity index (χ4n) is 2.16. The maximum absolute atomic E-state index is 13.6. The Labute approximate surface area is 132 Å². The van der Waals surface area contributed by atoms with Crippen molar-refractivity contribution in [2.24, 2.45) is 5.84 Å². The average Bonchev–Trinajstić information content (AvgIpc) is 2.50. The molecule has 2 rings (SSSR count). The number of benzene rings is 2. The third-order valence-corrected chi connectivity index (χ3v) is 4.14. The van der Waals surface area contributed by atoms with Crippen LogP contribution in [0.5, 0.6) is 5.75 Å². The smallest absolute Gasteiger partial charge is 0.137 e. The van der Waals surface area contributed by atoms with Gasteiger partial charge in [0.2, 0.25) is 0 Å². The normalized spacial score (nSPS) is 12.2. The number of nitrogens with two attached hydrogens (primary N) is 1. The van der Waals surface area contributed by atoms with Gasteiger partial charge in [-0.15, -0.1) is 0 Å². The van der Waals surface area contributed by atoms with Gasteiger partial charge in [-0.2, -0.15) is 0 Å². The van der Waals surface area contributed by atoms with Crippen LogP contribution in [0, 0.1) is 5.82 Å². The highest BCUT2D eigenvalue weighted by atomic mass is 79.9. The van der Waals surface area contributed by atoms with Crippen LogP contribution in [0.4, 0.5) is 4.39 Å². The van der Waals surface area contributed by atoms with Crippen molar-refractivity contribution >= 4 is 15.9 Å². The lowest BCUT2D eigenvalue weighted by atomic mass is 9.99. The van der Waals surface area contributed by atoms with Crippen molar-refractivity contribution in [3.63, 3.8) is 0 Å². The van der Waals surface area contributed by atoms with Gasteiger partial charge in [-0.05, 0) is 58.6 Å². The molecule has 0 radical (unpaired) electrons. The molecule has 0 aliphatic heterocycles. The molecular formula is C16H18BrFN2O. The summed E-state index contributed by atoms with van der Waals surface area (Å²) in [6.07, 6.45) is 0.586. The Morgan fingerprint density at radius 2 is 1.95 bits per heavy atom. The molecule has 0 amide bonds. The molecule has 0 aliphatic rings. The van der Waals surface area contributed by atoms with Gasteiger partial charge in [0.1, 0.15) is 11.6 Å². The van der Waals surface area contributed by atoms with Crippen LogP contribution in [0.25, 0.3) is 0 Å². The number of hydrazine groups is 1. The van der Waals surface area contributed by atoms with E-state index in [9.17, 15) is 4.39 Å². The van der Waals surface area contributed by atoms with E-state index in [2.05, 4.69) is 21.4 Å². The Morgan fingerprint density at radius 3 is 2.57 bits per heavy atom. The van der Waals surface area contributed by atoms with E-state index in [1.807, 2.05) is 37.3 Å². The first-order valence-electron chi connectivity index (χ1n) is 6.77. The molecular weight excluding hydrogens is 335 g/mol. The van der Waals surface area contributed by atoms with Crippen molar-refractivity contribution in [2.45, 2.75) is 19.4 Å². The topological polar surface area (TPSA) is 47.3 Å². The molecule has 2 aromatic rings. The van der Waals surface area contributed by atoms with Crippen molar-refractivity contribution in [1.82, 2.24) is 5.43 Å². The maximum atomic E-state index is 13.6. The first kappa shape index (κ1) is 15.9. The summed E-state index contributed by atoms with van der Waals surface area (Å²) in [7, 11) is 0. The van der Waals surface area contributed by atoms with Gasteiger partial charge in [0.05, 0.1) is 17.1 Å². The van der Waals surface area contributed by atoms with Crippen LogP contribution in [0.3, 0.4) is 0 Å². The van der Waals surface area contributed by atoms with E-state index in [-0.39, 0.29) is 11.9 Å². The second-order valence-corrected chi connectivity index (χ2v) is 5.43. The van der Waals surface area contributed by atoms with E-state index in [1.54, 1.807) is 6.07 Å². The number of hydrogen-bond acceptors (Lipinski definition) is 3. The molecule has 1 atom stereocenters. The van der Waals surface area contributed by atoms with Gasteiger partial charge in [-0.3, -0.25) is 11.3 Å². The maximum Gasteiger partial charge on any atom is 0.137 e. The molecule has 1 unspecified atom stereocenters. The number of rotatable bonds is 6. The number of nitrogens with one attached hydrogen (secondary N) is 1. The van der Waals surface area contributed by atoms with E-state index in [4.69, 9.17) is 10.6 Å². The number of hydrogen-bond donors (Lipinski definition) is 2. The first-order chi connectivity index (χ1) is 10.2. The zero-order valence-electron chi connectivity index (χ0n) is 11.8. The Hall–Kier alpha value is -1.43. The van der Waals surface area contributed by atoms with E-state index >= 15 is 0 Å². The van der Waals surface area contributed by atoms with E-state index in [1.165, 1.54) is 6.07 Å². The third kappa shape index (κ3) is 4.03. The third-order valence-electron chi connectivity index (χ3n) is 3.25. The quantitative estimate of drug-likeness (QED) is 0.615. The van der Waals surface area contributed by atoms with Crippen LogP contribution < -0.4 is 16.0 Å². The summed E-state index contributed by atoms with van der Waals surface area (Å²) in [4.78, 5) is 0. The number of halogens is 2. The molecule has 0 heterocycles. The summed E-state index contributed by atoms with van der Waals surface area (Å²) >= 11 is 3.28. The lowest BCUT2D eigenvalue weighted by Crippen LogP contribution is -2.29. The summed E-state index contributed by atoms with van der Waals surface area (Å²) in [6.45, 7) is 2.58. The Morgan fingerprint density at radius 1 is 1.24 bits per heavy atom. The summed E-state index contributed by atoms with van der Waals surface area (Å²) in [5, 5.41) is 0. The minimum absolute atomic E-state index is 0.0984. The van der Waals surface area contributed by atoms with Crippen LogP contribution in [0.15, 0.2) is 46.9 Å². The molecule has 0 aromatic heterocycles. The van der Waals surface area contributed by atoms with Crippen LogP contribution >= 0.6 is 15.9 Å². The van der Waals surface area contributed by atoms with E-state index in [0.717, 1.165) is 16.9 Å². The van der Waals surface area contributed by atoms with Gasteiger partial charge >= 0.3 is 0 Å². The van der Waals surface area contributed by atoms with E-state index < -0.39 is 0 Å². The van der Waals surface area contributed by atoms with Crippen LogP contribution in [-0.4, -0.2) is 6.61 Å². The molecule has 0 spiro atoms. The largest absolute Gasteiger partial charge is 0.494 e. The van der Waals surface area contributed by atoms with Crippen molar-refractivity contribution in [3.8, 4) is 5.75 Å². The average molecular weight is 353 g/mol. The molecule has 2 aromatic carbocycles. The molecule has 0 saturated carbocycles. The molecule has 5 heteroatoms. The summed E-state index contributed by atoms with van der Waals surface area (Å²) in [5.41, 5.74) is 4.67. The second-order valence-electron chi connectivity index (χ2n) is 4.64. The molecule has 21 heavy (non-hydrogen) atoms. The van der Waals surface area contributed by atoms with Crippen molar-refractivity contribution in [3.05, 3.63) is 63.9 Å². The molecule has 112 valence electrons. The zero-order chi connectivity index (χ0) is 15.2. The molecule has 3 nitrogen and oxygen atoms in total. The van der Waals surface area contributed by atoms with Crippen molar-refractivity contribution in [2.75, 3.05) is 6.61 Å². The zero-order valence-corrected chi connectivity index (χ0v) is 13.4. The lowest BCUT2D eigenvalue weighted by molar-refractivity contribution is 0.340. The molecule has 0 saturated heterocycles. The summed E-state index contributed by atoms with van der Waals surface area (Å²) in [5.74, 6) is 6.20.